The molecule has 0 aromatic rings. The maximum Gasteiger partial charge on any atom is 0.317 e. The molecule has 2 atom stereocenters. The van der Waals surface area contributed by atoms with Crippen molar-refractivity contribution < 1.29 is 9.90 Å². The van der Waals surface area contributed by atoms with Crippen molar-refractivity contribution in [1.29, 1.82) is 0 Å². The first-order chi connectivity index (χ1) is 8.16. The molecule has 4 nitrogen and oxygen atoms in total. The lowest BCUT2D eigenvalue weighted by Gasteiger charge is -2.42. The first-order valence-electron chi connectivity index (χ1n) is 6.46. The average Bonchev–Trinajstić information content (AvgIpc) is 2.30. The second kappa shape index (κ2) is 6.07. The molecule has 0 bridgehead atoms. The molecule has 2 unspecified atom stereocenters. The van der Waals surface area contributed by atoms with Gasteiger partial charge in [-0.25, -0.2) is 0 Å². The zero-order chi connectivity index (χ0) is 12.3. The molecule has 1 N–H and O–H groups in total. The Morgan fingerprint density at radius 2 is 2.06 bits per heavy atom. The minimum atomic E-state index is -0.708. The van der Waals surface area contributed by atoms with E-state index >= 15 is 0 Å². The predicted molar refractivity (Wildman–Crippen MR) is 70.6 cm³/mol. The molecule has 2 rings (SSSR count). The SMILES string of the molecule is CC1SCCCC1N1CCN(CC(=O)O)CC1. The molecule has 2 aliphatic rings. The molecule has 0 aromatic carbocycles. The maximum absolute atomic E-state index is 10.6. The number of carboxylic acids is 1. The van der Waals surface area contributed by atoms with Crippen molar-refractivity contribution in [2.24, 2.45) is 0 Å². The van der Waals surface area contributed by atoms with Crippen molar-refractivity contribution in [3.63, 3.8) is 0 Å². The van der Waals surface area contributed by atoms with Gasteiger partial charge in [0.15, 0.2) is 0 Å². The lowest BCUT2D eigenvalue weighted by molar-refractivity contribution is -0.138. The normalized spacial score (nSPS) is 32.5. The van der Waals surface area contributed by atoms with Crippen LogP contribution in [0.25, 0.3) is 0 Å². The van der Waals surface area contributed by atoms with E-state index in [1.807, 2.05) is 4.90 Å². The zero-order valence-electron chi connectivity index (χ0n) is 10.5. The van der Waals surface area contributed by atoms with Gasteiger partial charge in [-0.15, -0.1) is 0 Å². The van der Waals surface area contributed by atoms with Crippen LogP contribution in [0.4, 0.5) is 0 Å². The summed E-state index contributed by atoms with van der Waals surface area (Å²) < 4.78 is 0. The molecule has 0 aliphatic carbocycles. The Labute approximate surface area is 107 Å². The largest absolute Gasteiger partial charge is 0.480 e. The molecule has 2 fully saturated rings. The van der Waals surface area contributed by atoms with E-state index in [1.54, 1.807) is 0 Å². The fourth-order valence-electron chi connectivity index (χ4n) is 2.83. The van der Waals surface area contributed by atoms with E-state index < -0.39 is 5.97 Å². The summed E-state index contributed by atoms with van der Waals surface area (Å²) in [6.07, 6.45) is 2.64. The molecule has 2 aliphatic heterocycles. The van der Waals surface area contributed by atoms with E-state index in [1.165, 1.54) is 18.6 Å². The first kappa shape index (κ1) is 13.2. The number of hydrogen-bond acceptors (Lipinski definition) is 4. The van der Waals surface area contributed by atoms with E-state index in [2.05, 4.69) is 23.6 Å². The standard InChI is InChI=1S/C12H22N2O2S/c1-10-11(3-2-8-17-10)14-6-4-13(5-7-14)9-12(15)16/h10-11H,2-9H2,1H3,(H,15,16). The van der Waals surface area contributed by atoms with Crippen molar-refractivity contribution >= 4 is 17.7 Å². The Morgan fingerprint density at radius 1 is 1.35 bits per heavy atom. The number of thioether (sulfide) groups is 1. The van der Waals surface area contributed by atoms with E-state index in [0.29, 0.717) is 6.04 Å². The molecule has 0 aromatic heterocycles. The van der Waals surface area contributed by atoms with Crippen LogP contribution in [0.3, 0.4) is 0 Å². The molecule has 2 saturated heterocycles. The van der Waals surface area contributed by atoms with Crippen LogP contribution in [0.1, 0.15) is 19.8 Å². The molecular weight excluding hydrogens is 236 g/mol. The molecule has 5 heteroatoms. The minimum absolute atomic E-state index is 0.197. The van der Waals surface area contributed by atoms with Gasteiger partial charge in [-0.3, -0.25) is 14.6 Å². The fraction of sp³-hybridized carbons (Fsp3) is 0.917. The number of rotatable bonds is 3. The van der Waals surface area contributed by atoms with Gasteiger partial charge in [-0.05, 0) is 18.6 Å². The monoisotopic (exact) mass is 258 g/mol. The molecule has 0 radical (unpaired) electrons. The summed E-state index contributed by atoms with van der Waals surface area (Å²) in [5, 5.41) is 9.50. The van der Waals surface area contributed by atoms with Gasteiger partial charge >= 0.3 is 5.97 Å². The van der Waals surface area contributed by atoms with Gasteiger partial charge in [0.1, 0.15) is 0 Å². The number of hydrogen-bond donors (Lipinski definition) is 1. The van der Waals surface area contributed by atoms with Crippen LogP contribution in [-0.4, -0.2) is 70.6 Å². The predicted octanol–water partition coefficient (Wildman–Crippen LogP) is 0.973. The summed E-state index contributed by atoms with van der Waals surface area (Å²) in [5.41, 5.74) is 0. The van der Waals surface area contributed by atoms with Crippen LogP contribution < -0.4 is 0 Å². The molecule has 2 heterocycles. The van der Waals surface area contributed by atoms with Crippen LogP contribution in [0, 0.1) is 0 Å². The summed E-state index contributed by atoms with van der Waals surface area (Å²) in [6, 6.07) is 0.709. The van der Waals surface area contributed by atoms with Gasteiger partial charge < -0.3 is 5.11 Å². The number of carbonyl (C=O) groups is 1. The minimum Gasteiger partial charge on any atom is -0.480 e. The summed E-state index contributed by atoms with van der Waals surface area (Å²) >= 11 is 2.08. The summed E-state index contributed by atoms with van der Waals surface area (Å²) in [7, 11) is 0. The van der Waals surface area contributed by atoms with Gasteiger partial charge in [0, 0.05) is 37.5 Å². The van der Waals surface area contributed by atoms with Gasteiger partial charge in [0.2, 0.25) is 0 Å². The zero-order valence-corrected chi connectivity index (χ0v) is 11.3. The highest BCUT2D eigenvalue weighted by Gasteiger charge is 2.30. The Kier molecular flexibility index (Phi) is 4.70. The van der Waals surface area contributed by atoms with Gasteiger partial charge in [-0.1, -0.05) is 6.92 Å². The van der Waals surface area contributed by atoms with Crippen molar-refractivity contribution in [2.45, 2.75) is 31.1 Å². The van der Waals surface area contributed by atoms with Crippen LogP contribution in [0.5, 0.6) is 0 Å². The van der Waals surface area contributed by atoms with Crippen molar-refractivity contribution in [1.82, 2.24) is 9.80 Å². The van der Waals surface area contributed by atoms with Gasteiger partial charge in [0.25, 0.3) is 0 Å². The highest BCUT2D eigenvalue weighted by molar-refractivity contribution is 7.99. The number of nitrogens with zero attached hydrogens (tertiary/aromatic N) is 2. The molecule has 17 heavy (non-hydrogen) atoms. The highest BCUT2D eigenvalue weighted by Crippen LogP contribution is 2.29. The smallest absolute Gasteiger partial charge is 0.317 e. The Hall–Kier alpha value is -0.260. The second-order valence-corrected chi connectivity index (χ2v) is 6.48. The molecular formula is C12H22N2O2S. The third-order valence-corrected chi connectivity index (χ3v) is 5.17. The Bertz CT molecular complexity index is 267. The second-order valence-electron chi connectivity index (χ2n) is 4.99. The van der Waals surface area contributed by atoms with Crippen molar-refractivity contribution in [3.8, 4) is 0 Å². The van der Waals surface area contributed by atoms with Crippen molar-refractivity contribution in [2.75, 3.05) is 38.5 Å². The lowest BCUT2D eigenvalue weighted by Crippen LogP contribution is -2.54. The van der Waals surface area contributed by atoms with Gasteiger partial charge in [-0.2, -0.15) is 11.8 Å². The van der Waals surface area contributed by atoms with E-state index in [4.69, 9.17) is 5.11 Å². The number of aliphatic carboxylic acids is 1. The Balaban J connectivity index is 1.79. The average molecular weight is 258 g/mol. The summed E-state index contributed by atoms with van der Waals surface area (Å²) in [6.45, 7) is 6.40. The summed E-state index contributed by atoms with van der Waals surface area (Å²) in [4.78, 5) is 15.2. The molecule has 0 amide bonds. The topological polar surface area (TPSA) is 43.8 Å². The molecule has 98 valence electrons. The van der Waals surface area contributed by atoms with E-state index in [0.717, 1.165) is 31.4 Å². The lowest BCUT2D eigenvalue weighted by atomic mass is 10.1. The third-order valence-electron chi connectivity index (χ3n) is 3.80. The summed E-state index contributed by atoms with van der Waals surface area (Å²) in [5.74, 6) is 0.594. The van der Waals surface area contributed by atoms with Crippen molar-refractivity contribution in [3.05, 3.63) is 0 Å². The van der Waals surface area contributed by atoms with Gasteiger partial charge in [0.05, 0.1) is 6.54 Å². The maximum atomic E-state index is 10.6. The van der Waals surface area contributed by atoms with E-state index in [-0.39, 0.29) is 6.54 Å². The van der Waals surface area contributed by atoms with Crippen LogP contribution >= 0.6 is 11.8 Å². The highest BCUT2D eigenvalue weighted by atomic mass is 32.2. The molecule has 0 saturated carbocycles. The number of piperazine rings is 1. The van der Waals surface area contributed by atoms with Crippen LogP contribution in [0.15, 0.2) is 0 Å². The fourth-order valence-corrected chi connectivity index (χ4v) is 4.07. The number of carboxylic acid groups (broad SMARTS) is 1. The van der Waals surface area contributed by atoms with Crippen LogP contribution in [0.2, 0.25) is 0 Å². The molecule has 0 spiro atoms. The quantitative estimate of drug-likeness (QED) is 0.817. The third kappa shape index (κ3) is 3.60. The Morgan fingerprint density at radius 3 is 2.65 bits per heavy atom. The van der Waals surface area contributed by atoms with E-state index in [9.17, 15) is 4.79 Å². The first-order valence-corrected chi connectivity index (χ1v) is 7.51. The van der Waals surface area contributed by atoms with Crippen LogP contribution in [-0.2, 0) is 4.79 Å².